The molecule has 0 aromatic rings. The van der Waals surface area contributed by atoms with Gasteiger partial charge in [-0.2, -0.15) is 0 Å². The molecule has 2 bridgehead atoms. The second kappa shape index (κ2) is 6.98. The molecule has 0 amide bonds. The average Bonchev–Trinajstić information content (AvgIpc) is 2.42. The van der Waals surface area contributed by atoms with Gasteiger partial charge in [0.05, 0.1) is 0 Å². The van der Waals surface area contributed by atoms with Crippen LogP contribution in [0.25, 0.3) is 0 Å². The van der Waals surface area contributed by atoms with Crippen molar-refractivity contribution in [3.05, 3.63) is 0 Å². The van der Waals surface area contributed by atoms with Crippen molar-refractivity contribution in [2.45, 2.75) is 68.0 Å². The summed E-state index contributed by atoms with van der Waals surface area (Å²) in [5, 5.41) is 0. The van der Waals surface area contributed by atoms with Crippen molar-refractivity contribution in [3.8, 4) is 11.5 Å². The van der Waals surface area contributed by atoms with E-state index in [4.69, 9.17) is 0 Å². The van der Waals surface area contributed by atoms with Gasteiger partial charge in [0, 0.05) is 29.1 Å². The average molecular weight is 371 g/mol. The third-order valence-electron chi connectivity index (χ3n) is 5.21. The van der Waals surface area contributed by atoms with Crippen molar-refractivity contribution in [1.82, 2.24) is 0 Å². The van der Waals surface area contributed by atoms with E-state index in [9.17, 15) is 0 Å². The lowest BCUT2D eigenvalue weighted by molar-refractivity contribution is 0.152. The number of thioether (sulfide) groups is 3. The van der Waals surface area contributed by atoms with E-state index in [0.717, 1.165) is 12.3 Å². The topological polar surface area (TPSA) is 0 Å². The van der Waals surface area contributed by atoms with E-state index >= 15 is 0 Å². The molecule has 0 atom stereocenters. The minimum atomic E-state index is -1.16. The molecule has 3 saturated heterocycles. The van der Waals surface area contributed by atoms with Crippen LogP contribution in [0.2, 0.25) is 19.6 Å². The van der Waals surface area contributed by atoms with Crippen LogP contribution in [-0.4, -0.2) is 28.7 Å². The molecule has 0 N–H and O–H groups in total. The van der Waals surface area contributed by atoms with Crippen LogP contribution in [0, 0.1) is 22.8 Å². The largest absolute Gasteiger partial charge is 0.133 e. The molecule has 3 heterocycles. The van der Waals surface area contributed by atoms with Crippen LogP contribution in [0.4, 0.5) is 0 Å². The maximum atomic E-state index is 3.50. The number of unbranched alkanes of at least 4 members (excludes halogenated alkanes) is 2. The first-order valence-electron chi connectivity index (χ1n) is 8.85. The van der Waals surface area contributed by atoms with E-state index in [1.54, 1.807) is 0 Å². The van der Waals surface area contributed by atoms with Crippen molar-refractivity contribution in [3.63, 3.8) is 0 Å². The molecule has 4 heteroatoms. The van der Waals surface area contributed by atoms with E-state index in [1.807, 2.05) is 0 Å². The molecule has 1 saturated carbocycles. The molecule has 22 heavy (non-hydrogen) atoms. The summed E-state index contributed by atoms with van der Waals surface area (Å²) in [7, 11) is -1.16. The summed E-state index contributed by atoms with van der Waals surface area (Å²) in [4.78, 5) is 0. The van der Waals surface area contributed by atoms with E-state index < -0.39 is 8.07 Å². The fourth-order valence-electron chi connectivity index (χ4n) is 3.48. The molecule has 124 valence electrons. The van der Waals surface area contributed by atoms with Crippen molar-refractivity contribution in [1.29, 1.82) is 0 Å². The molecule has 3 aliphatic heterocycles. The summed E-state index contributed by atoms with van der Waals surface area (Å²) >= 11 is 6.90. The summed E-state index contributed by atoms with van der Waals surface area (Å²) in [5.74, 6) is 8.85. The Kier molecular flexibility index (Phi) is 5.60. The van der Waals surface area contributed by atoms with Gasteiger partial charge in [-0.25, -0.2) is 0 Å². The normalized spacial score (nSPS) is 34.9. The summed E-state index contributed by atoms with van der Waals surface area (Å²) in [6.07, 6.45) is 9.71. The van der Waals surface area contributed by atoms with Crippen molar-refractivity contribution < 1.29 is 0 Å². The highest BCUT2D eigenvalue weighted by molar-refractivity contribution is 8.34. The number of hydrogen-bond acceptors (Lipinski definition) is 3. The van der Waals surface area contributed by atoms with Crippen LogP contribution in [0.5, 0.6) is 0 Å². The standard InChI is InChI=1S/C18H30S3Si/c1-22(2,3)12-7-5-4-6-11-18-19-13-17(14-20-18,15-21-18)16-9-8-10-16/h16H,4-6,8-11,13-15H2,1-3H3. The molecular weight excluding hydrogens is 340 g/mol. The Hall–Kier alpha value is 0.827. The number of fused-ring (bicyclic) bond motifs is 3. The van der Waals surface area contributed by atoms with E-state index in [-0.39, 0.29) is 0 Å². The second-order valence-corrected chi connectivity index (χ2v) is 17.6. The van der Waals surface area contributed by atoms with E-state index in [1.165, 1.54) is 55.8 Å². The smallest absolute Gasteiger partial charge is 0.129 e. The molecular formula is C18H30S3Si. The van der Waals surface area contributed by atoms with Crippen molar-refractivity contribution in [2.24, 2.45) is 11.3 Å². The van der Waals surface area contributed by atoms with Crippen LogP contribution < -0.4 is 0 Å². The molecule has 4 aliphatic rings. The molecule has 0 spiro atoms. The zero-order valence-corrected chi connectivity index (χ0v) is 17.8. The Morgan fingerprint density at radius 3 is 2.14 bits per heavy atom. The van der Waals surface area contributed by atoms with Crippen LogP contribution >= 0.6 is 35.3 Å². The van der Waals surface area contributed by atoms with Gasteiger partial charge in [0.2, 0.25) is 0 Å². The lowest BCUT2D eigenvalue weighted by Gasteiger charge is -2.57. The fraction of sp³-hybridized carbons (Fsp3) is 0.889. The highest BCUT2D eigenvalue weighted by Gasteiger charge is 2.54. The summed E-state index contributed by atoms with van der Waals surface area (Å²) < 4.78 is 0.512. The van der Waals surface area contributed by atoms with Gasteiger partial charge in [-0.3, -0.25) is 0 Å². The Morgan fingerprint density at radius 1 is 1.00 bits per heavy atom. The second-order valence-electron chi connectivity index (χ2n) is 8.30. The summed E-state index contributed by atoms with van der Waals surface area (Å²) in [5.41, 5.74) is 4.21. The highest BCUT2D eigenvalue weighted by Crippen LogP contribution is 2.67. The minimum Gasteiger partial charge on any atom is -0.133 e. The predicted octanol–water partition coefficient (Wildman–Crippen LogP) is 6.09. The molecule has 0 nitrogen and oxygen atoms in total. The van der Waals surface area contributed by atoms with Gasteiger partial charge in [0.25, 0.3) is 0 Å². The van der Waals surface area contributed by atoms with Gasteiger partial charge in [0.1, 0.15) is 11.5 Å². The number of hydrogen-bond donors (Lipinski definition) is 0. The molecule has 0 aromatic carbocycles. The van der Waals surface area contributed by atoms with Crippen LogP contribution in [0.3, 0.4) is 0 Å². The zero-order chi connectivity index (χ0) is 15.7. The third-order valence-corrected chi connectivity index (χ3v) is 12.3. The fourth-order valence-corrected chi connectivity index (χ4v) is 10.3. The molecule has 0 unspecified atom stereocenters. The Bertz CT molecular complexity index is 429. The Labute approximate surface area is 151 Å². The van der Waals surface area contributed by atoms with Crippen LogP contribution in [-0.2, 0) is 0 Å². The zero-order valence-electron chi connectivity index (χ0n) is 14.4. The Balaban J connectivity index is 1.40. The molecule has 4 rings (SSSR count). The van der Waals surface area contributed by atoms with Gasteiger partial charge in [-0.15, -0.1) is 46.7 Å². The maximum Gasteiger partial charge on any atom is 0.129 e. The molecule has 0 aromatic heterocycles. The SMILES string of the molecule is C[Si](C)(C)C#CCCCCC12SCC(C3CCC3)(CS1)CS2. The van der Waals surface area contributed by atoms with Gasteiger partial charge in [-0.1, -0.05) is 26.1 Å². The van der Waals surface area contributed by atoms with Crippen molar-refractivity contribution in [2.75, 3.05) is 17.3 Å². The van der Waals surface area contributed by atoms with Gasteiger partial charge >= 0.3 is 0 Å². The first-order valence-corrected chi connectivity index (χ1v) is 15.3. The van der Waals surface area contributed by atoms with Crippen LogP contribution in [0.15, 0.2) is 0 Å². The third kappa shape index (κ3) is 4.07. The van der Waals surface area contributed by atoms with Crippen molar-refractivity contribution >= 4 is 43.4 Å². The first-order chi connectivity index (χ1) is 10.4. The predicted molar refractivity (Wildman–Crippen MR) is 109 cm³/mol. The lowest BCUT2D eigenvalue weighted by atomic mass is 9.68. The lowest BCUT2D eigenvalue weighted by Crippen LogP contribution is -2.51. The van der Waals surface area contributed by atoms with E-state index in [2.05, 4.69) is 66.4 Å². The minimum absolute atomic E-state index is 0.512. The molecule has 0 radical (unpaired) electrons. The summed E-state index contributed by atoms with van der Waals surface area (Å²) in [6, 6.07) is 0. The molecule has 4 fully saturated rings. The van der Waals surface area contributed by atoms with Crippen LogP contribution in [0.1, 0.15) is 44.9 Å². The van der Waals surface area contributed by atoms with Gasteiger partial charge in [-0.05, 0) is 38.0 Å². The van der Waals surface area contributed by atoms with E-state index in [0.29, 0.717) is 8.83 Å². The molecule has 1 aliphatic carbocycles. The van der Waals surface area contributed by atoms with Gasteiger partial charge < -0.3 is 0 Å². The maximum absolute atomic E-state index is 3.50. The monoisotopic (exact) mass is 370 g/mol. The summed E-state index contributed by atoms with van der Waals surface area (Å²) in [6.45, 7) is 7.00. The van der Waals surface area contributed by atoms with Gasteiger partial charge in [0.15, 0.2) is 0 Å². The quantitative estimate of drug-likeness (QED) is 0.326. The Morgan fingerprint density at radius 2 is 1.64 bits per heavy atom. The first kappa shape index (κ1) is 17.6. The highest BCUT2D eigenvalue weighted by atomic mass is 32.3. The number of rotatable bonds is 5.